The van der Waals surface area contributed by atoms with Crippen molar-refractivity contribution >= 4 is 5.95 Å². The summed E-state index contributed by atoms with van der Waals surface area (Å²) in [4.78, 5) is 6.95. The van der Waals surface area contributed by atoms with Gasteiger partial charge in [0.1, 0.15) is 0 Å². The summed E-state index contributed by atoms with van der Waals surface area (Å²) in [6.45, 7) is 7.06. The van der Waals surface area contributed by atoms with Gasteiger partial charge in [0.05, 0.1) is 12.3 Å². The lowest BCUT2D eigenvalue weighted by Crippen LogP contribution is -2.33. The maximum absolute atomic E-state index is 5.13. The molecular weight excluding hydrogens is 240 g/mol. The number of hydrogen-bond acceptors (Lipinski definition) is 4. The van der Waals surface area contributed by atoms with Crippen LogP contribution in [0.2, 0.25) is 0 Å². The minimum absolute atomic E-state index is 0.721. The van der Waals surface area contributed by atoms with Crippen molar-refractivity contribution in [1.82, 2.24) is 14.5 Å². The average Bonchev–Trinajstić information content (AvgIpc) is 2.76. The summed E-state index contributed by atoms with van der Waals surface area (Å²) >= 11 is 0. The molecule has 0 aromatic carbocycles. The maximum Gasteiger partial charge on any atom is 0.203 e. The predicted molar refractivity (Wildman–Crippen MR) is 77.6 cm³/mol. The molecule has 0 saturated carbocycles. The zero-order chi connectivity index (χ0) is 13.7. The van der Waals surface area contributed by atoms with Crippen molar-refractivity contribution in [3.63, 3.8) is 0 Å². The van der Waals surface area contributed by atoms with Gasteiger partial charge in [0.2, 0.25) is 5.95 Å². The molecule has 2 rings (SSSR count). The van der Waals surface area contributed by atoms with Crippen LogP contribution in [0.3, 0.4) is 0 Å². The molecule has 0 spiro atoms. The highest BCUT2D eigenvalue weighted by Gasteiger charge is 2.17. The summed E-state index contributed by atoms with van der Waals surface area (Å²) in [6.07, 6.45) is 4.64. The van der Waals surface area contributed by atoms with Gasteiger partial charge in [-0.25, -0.2) is 4.98 Å². The number of likely N-dealkylation sites (tertiary alicyclic amines) is 1. The smallest absolute Gasteiger partial charge is 0.203 e. The number of imidazole rings is 1. The normalized spacial score (nSPS) is 17.8. The number of anilines is 1. The van der Waals surface area contributed by atoms with E-state index in [0.717, 1.165) is 37.3 Å². The van der Waals surface area contributed by atoms with Crippen molar-refractivity contribution in [3.8, 4) is 0 Å². The number of nitrogens with one attached hydrogen (secondary N) is 1. The SMILES string of the molecule is COCCn1cc(C)nc1NCC1CCN(C)CC1. The number of nitrogens with zero attached hydrogens (tertiary/aromatic N) is 3. The van der Waals surface area contributed by atoms with E-state index in [1.165, 1.54) is 25.9 Å². The number of rotatable bonds is 6. The molecule has 1 aromatic heterocycles. The van der Waals surface area contributed by atoms with Crippen LogP contribution < -0.4 is 5.32 Å². The van der Waals surface area contributed by atoms with E-state index in [9.17, 15) is 0 Å². The molecular formula is C14H26N4O. The number of piperidine rings is 1. The summed E-state index contributed by atoms with van der Waals surface area (Å²) in [6, 6.07) is 0. The topological polar surface area (TPSA) is 42.3 Å². The van der Waals surface area contributed by atoms with Crippen LogP contribution in [0.5, 0.6) is 0 Å². The molecule has 0 aliphatic carbocycles. The zero-order valence-corrected chi connectivity index (χ0v) is 12.4. The summed E-state index contributed by atoms with van der Waals surface area (Å²) < 4.78 is 7.28. The first-order valence-corrected chi connectivity index (χ1v) is 7.14. The van der Waals surface area contributed by atoms with Crippen molar-refractivity contribution < 1.29 is 4.74 Å². The molecule has 0 bridgehead atoms. The van der Waals surface area contributed by atoms with Crippen molar-refractivity contribution in [2.75, 3.05) is 45.7 Å². The molecule has 1 N–H and O–H groups in total. The fourth-order valence-corrected chi connectivity index (χ4v) is 2.55. The number of hydrogen-bond donors (Lipinski definition) is 1. The molecule has 2 heterocycles. The van der Waals surface area contributed by atoms with Gasteiger partial charge in [0.25, 0.3) is 0 Å². The Morgan fingerprint density at radius 3 is 2.84 bits per heavy atom. The molecule has 1 aromatic rings. The van der Waals surface area contributed by atoms with Gasteiger partial charge in [-0.15, -0.1) is 0 Å². The monoisotopic (exact) mass is 266 g/mol. The van der Waals surface area contributed by atoms with Crippen LogP contribution in [0, 0.1) is 12.8 Å². The molecule has 1 saturated heterocycles. The van der Waals surface area contributed by atoms with E-state index in [2.05, 4.69) is 33.0 Å². The minimum atomic E-state index is 0.721. The van der Waals surface area contributed by atoms with Gasteiger partial charge in [-0.3, -0.25) is 0 Å². The summed E-state index contributed by atoms with van der Waals surface area (Å²) in [5, 5.41) is 3.51. The second kappa shape index (κ2) is 6.91. The van der Waals surface area contributed by atoms with Gasteiger partial charge in [-0.2, -0.15) is 0 Å². The van der Waals surface area contributed by atoms with Gasteiger partial charge in [-0.1, -0.05) is 0 Å². The van der Waals surface area contributed by atoms with Crippen LogP contribution in [-0.2, 0) is 11.3 Å². The molecule has 1 fully saturated rings. The first-order valence-electron chi connectivity index (χ1n) is 7.14. The Balaban J connectivity index is 1.84. The third-order valence-corrected chi connectivity index (χ3v) is 3.82. The van der Waals surface area contributed by atoms with Crippen molar-refractivity contribution in [1.29, 1.82) is 0 Å². The van der Waals surface area contributed by atoms with Gasteiger partial charge >= 0.3 is 0 Å². The lowest BCUT2D eigenvalue weighted by molar-refractivity contribution is 0.187. The van der Waals surface area contributed by atoms with Gasteiger partial charge in [0, 0.05) is 26.4 Å². The Hall–Kier alpha value is -1.07. The molecule has 5 nitrogen and oxygen atoms in total. The quantitative estimate of drug-likeness (QED) is 0.849. The highest BCUT2D eigenvalue weighted by atomic mass is 16.5. The standard InChI is InChI=1S/C14H26N4O/c1-12-11-18(8-9-19-3)14(16-12)15-10-13-4-6-17(2)7-5-13/h11,13H,4-10H2,1-3H3,(H,15,16). The number of methoxy groups -OCH3 is 1. The van der Waals surface area contributed by atoms with E-state index in [1.54, 1.807) is 7.11 Å². The highest BCUT2D eigenvalue weighted by molar-refractivity contribution is 5.28. The van der Waals surface area contributed by atoms with E-state index in [4.69, 9.17) is 4.74 Å². The van der Waals surface area contributed by atoms with E-state index in [0.29, 0.717) is 0 Å². The van der Waals surface area contributed by atoms with Gasteiger partial charge in [-0.05, 0) is 45.8 Å². The van der Waals surface area contributed by atoms with Crippen LogP contribution in [0.15, 0.2) is 6.20 Å². The van der Waals surface area contributed by atoms with E-state index >= 15 is 0 Å². The maximum atomic E-state index is 5.13. The largest absolute Gasteiger partial charge is 0.383 e. The van der Waals surface area contributed by atoms with Gasteiger partial charge in [0.15, 0.2) is 0 Å². The molecule has 19 heavy (non-hydrogen) atoms. The first kappa shape index (κ1) is 14.3. The summed E-state index contributed by atoms with van der Waals surface area (Å²) in [5.74, 6) is 1.75. The third kappa shape index (κ3) is 4.21. The fraction of sp³-hybridized carbons (Fsp3) is 0.786. The lowest BCUT2D eigenvalue weighted by atomic mass is 9.97. The van der Waals surface area contributed by atoms with Crippen LogP contribution >= 0.6 is 0 Å². The van der Waals surface area contributed by atoms with Crippen LogP contribution in [-0.4, -0.2) is 54.8 Å². The fourth-order valence-electron chi connectivity index (χ4n) is 2.55. The molecule has 0 unspecified atom stereocenters. The Labute approximate surface area is 116 Å². The molecule has 0 amide bonds. The molecule has 0 atom stereocenters. The Morgan fingerprint density at radius 2 is 2.16 bits per heavy atom. The second-order valence-corrected chi connectivity index (χ2v) is 5.52. The van der Waals surface area contributed by atoms with E-state index < -0.39 is 0 Å². The zero-order valence-electron chi connectivity index (χ0n) is 12.4. The van der Waals surface area contributed by atoms with Crippen molar-refractivity contribution in [2.45, 2.75) is 26.3 Å². The Morgan fingerprint density at radius 1 is 1.42 bits per heavy atom. The molecule has 1 aliphatic rings. The van der Waals surface area contributed by atoms with Crippen molar-refractivity contribution in [2.24, 2.45) is 5.92 Å². The van der Waals surface area contributed by atoms with Crippen LogP contribution in [0.1, 0.15) is 18.5 Å². The predicted octanol–water partition coefficient (Wildman–Crippen LogP) is 1.59. The minimum Gasteiger partial charge on any atom is -0.383 e. The average molecular weight is 266 g/mol. The first-order chi connectivity index (χ1) is 9.19. The third-order valence-electron chi connectivity index (χ3n) is 3.82. The van der Waals surface area contributed by atoms with Crippen molar-refractivity contribution in [3.05, 3.63) is 11.9 Å². The summed E-state index contributed by atoms with van der Waals surface area (Å²) in [5.41, 5.74) is 1.06. The molecule has 1 aliphatic heterocycles. The van der Waals surface area contributed by atoms with Crippen LogP contribution in [0.25, 0.3) is 0 Å². The van der Waals surface area contributed by atoms with Crippen LogP contribution in [0.4, 0.5) is 5.95 Å². The molecule has 0 radical (unpaired) electrons. The number of aryl methyl sites for hydroxylation is 1. The number of ether oxygens (including phenoxy) is 1. The van der Waals surface area contributed by atoms with E-state index in [1.807, 2.05) is 6.92 Å². The highest BCUT2D eigenvalue weighted by Crippen LogP contribution is 2.17. The van der Waals surface area contributed by atoms with E-state index in [-0.39, 0.29) is 0 Å². The number of aromatic nitrogens is 2. The summed E-state index contributed by atoms with van der Waals surface area (Å²) in [7, 11) is 3.93. The molecule has 5 heteroatoms. The lowest BCUT2D eigenvalue weighted by Gasteiger charge is -2.29. The Kier molecular flexibility index (Phi) is 5.22. The molecule has 108 valence electrons. The Bertz CT molecular complexity index is 383. The van der Waals surface area contributed by atoms with Gasteiger partial charge < -0.3 is 19.5 Å². The second-order valence-electron chi connectivity index (χ2n) is 5.52.